The van der Waals surface area contributed by atoms with E-state index in [0.29, 0.717) is 23.7 Å². The van der Waals surface area contributed by atoms with Gasteiger partial charge in [-0.15, -0.1) is 0 Å². The first-order valence-electron chi connectivity index (χ1n) is 10.8. The fourth-order valence-corrected chi connectivity index (χ4v) is 3.36. The SMILES string of the molecule is CN(CCc1c[nH]c2cc(Cl)ccc12)Cc1cccc(OCC(F)(F)C(F)F)c1.O=C(O)C=CC(=O)O. The fraction of sp³-hybridized carbons (Fsp3) is 0.280. The first-order valence-corrected chi connectivity index (χ1v) is 11.2. The highest BCUT2D eigenvalue weighted by atomic mass is 35.5. The zero-order valence-electron chi connectivity index (χ0n) is 19.6. The number of carbonyl (C=O) groups is 2. The molecule has 0 unspecified atom stereocenters. The molecular weight excluding hydrogens is 520 g/mol. The van der Waals surface area contributed by atoms with Crippen molar-refractivity contribution in [1.29, 1.82) is 0 Å². The number of nitrogens with one attached hydrogen (secondary N) is 1. The number of H-pyrrole nitrogens is 1. The quantitative estimate of drug-likeness (QED) is 0.218. The number of aromatic amines is 1. The predicted octanol–water partition coefficient (Wildman–Crippen LogP) is 5.49. The summed E-state index contributed by atoms with van der Waals surface area (Å²) >= 11 is 6.00. The molecule has 0 radical (unpaired) electrons. The third-order valence-electron chi connectivity index (χ3n) is 4.96. The van der Waals surface area contributed by atoms with Crippen molar-refractivity contribution in [3.63, 3.8) is 0 Å². The summed E-state index contributed by atoms with van der Waals surface area (Å²) in [6, 6.07) is 12.3. The van der Waals surface area contributed by atoms with Crippen molar-refractivity contribution < 1.29 is 42.1 Å². The van der Waals surface area contributed by atoms with E-state index in [0.717, 1.165) is 29.4 Å². The Balaban J connectivity index is 0.000000521. The van der Waals surface area contributed by atoms with Crippen molar-refractivity contribution in [2.75, 3.05) is 20.2 Å². The minimum atomic E-state index is -4.17. The third-order valence-corrected chi connectivity index (χ3v) is 5.20. The van der Waals surface area contributed by atoms with E-state index in [9.17, 15) is 27.2 Å². The van der Waals surface area contributed by atoms with Gasteiger partial charge in [0.15, 0.2) is 6.61 Å². The Morgan fingerprint density at radius 2 is 1.81 bits per heavy atom. The van der Waals surface area contributed by atoms with Gasteiger partial charge in [0.25, 0.3) is 0 Å². The van der Waals surface area contributed by atoms with Crippen LogP contribution in [0.4, 0.5) is 17.6 Å². The average Bonchev–Trinajstić information content (AvgIpc) is 3.22. The molecule has 0 bridgehead atoms. The highest BCUT2D eigenvalue weighted by Gasteiger charge is 2.41. The van der Waals surface area contributed by atoms with E-state index in [1.807, 2.05) is 37.5 Å². The molecule has 2 aromatic carbocycles. The summed E-state index contributed by atoms with van der Waals surface area (Å²) in [6.07, 6.45) is 0.142. The first kappa shape index (κ1) is 29.7. The van der Waals surface area contributed by atoms with Gasteiger partial charge in [0, 0.05) is 47.4 Å². The molecule has 3 rings (SSSR count). The molecular formula is C25H25ClF4N2O5. The van der Waals surface area contributed by atoms with E-state index in [-0.39, 0.29) is 5.75 Å². The van der Waals surface area contributed by atoms with Crippen LogP contribution >= 0.6 is 11.6 Å². The summed E-state index contributed by atoms with van der Waals surface area (Å²) in [5, 5.41) is 17.4. The first-order chi connectivity index (χ1) is 17.4. The summed E-state index contributed by atoms with van der Waals surface area (Å²) in [6.45, 7) is -0.0186. The molecule has 0 saturated heterocycles. The van der Waals surface area contributed by atoms with Crippen molar-refractivity contribution >= 4 is 34.4 Å². The molecule has 0 aliphatic heterocycles. The maximum atomic E-state index is 13.0. The normalized spacial score (nSPS) is 11.7. The zero-order chi connectivity index (χ0) is 27.6. The van der Waals surface area contributed by atoms with Crippen LogP contribution in [-0.2, 0) is 22.6 Å². The Morgan fingerprint density at radius 3 is 2.43 bits per heavy atom. The topological polar surface area (TPSA) is 103 Å². The lowest BCUT2D eigenvalue weighted by Gasteiger charge is -2.18. The number of benzene rings is 2. The van der Waals surface area contributed by atoms with Crippen LogP contribution in [0.25, 0.3) is 10.9 Å². The van der Waals surface area contributed by atoms with Gasteiger partial charge in [-0.2, -0.15) is 8.78 Å². The number of hydrogen-bond acceptors (Lipinski definition) is 4. The van der Waals surface area contributed by atoms with Crippen LogP contribution in [-0.4, -0.2) is 64.6 Å². The van der Waals surface area contributed by atoms with Crippen molar-refractivity contribution in [1.82, 2.24) is 9.88 Å². The summed E-state index contributed by atoms with van der Waals surface area (Å²) in [7, 11) is 1.95. The molecule has 0 saturated carbocycles. The lowest BCUT2D eigenvalue weighted by atomic mass is 10.1. The number of hydrogen-bond donors (Lipinski definition) is 3. The van der Waals surface area contributed by atoms with Crippen LogP contribution in [0, 0.1) is 0 Å². The van der Waals surface area contributed by atoms with Crippen LogP contribution in [0.1, 0.15) is 11.1 Å². The maximum absolute atomic E-state index is 13.0. The Morgan fingerprint density at radius 1 is 1.14 bits per heavy atom. The Labute approximate surface area is 214 Å². The molecule has 3 aromatic rings. The lowest BCUT2D eigenvalue weighted by Crippen LogP contribution is -2.33. The van der Waals surface area contributed by atoms with Crippen molar-refractivity contribution in [3.05, 3.63) is 77.0 Å². The number of halogens is 5. The molecule has 7 nitrogen and oxygen atoms in total. The van der Waals surface area contributed by atoms with Crippen molar-refractivity contribution in [3.8, 4) is 5.75 Å². The molecule has 0 aliphatic rings. The molecule has 0 spiro atoms. The Hall–Kier alpha value is -3.57. The highest BCUT2D eigenvalue weighted by molar-refractivity contribution is 6.31. The largest absolute Gasteiger partial charge is 0.487 e. The number of aliphatic carboxylic acids is 2. The molecule has 1 heterocycles. The van der Waals surface area contributed by atoms with Crippen LogP contribution < -0.4 is 4.74 Å². The molecule has 37 heavy (non-hydrogen) atoms. The van der Waals surface area contributed by atoms with E-state index in [4.69, 9.17) is 26.6 Å². The van der Waals surface area contributed by atoms with Crippen LogP contribution in [0.3, 0.4) is 0 Å². The number of carboxylic acids is 2. The summed E-state index contributed by atoms with van der Waals surface area (Å²) in [5.41, 5.74) is 3.01. The number of carboxylic acid groups (broad SMARTS) is 2. The molecule has 12 heteroatoms. The summed E-state index contributed by atoms with van der Waals surface area (Å²) in [5.74, 6) is -6.54. The summed E-state index contributed by atoms with van der Waals surface area (Å²) < 4.78 is 55.4. The van der Waals surface area contributed by atoms with Crippen molar-refractivity contribution in [2.24, 2.45) is 0 Å². The van der Waals surface area contributed by atoms with Crippen LogP contribution in [0.15, 0.2) is 60.8 Å². The Bertz CT molecular complexity index is 1220. The smallest absolute Gasteiger partial charge is 0.340 e. The van der Waals surface area contributed by atoms with Crippen molar-refractivity contribution in [2.45, 2.75) is 25.3 Å². The van der Waals surface area contributed by atoms with Gasteiger partial charge in [0.1, 0.15) is 5.75 Å². The monoisotopic (exact) mass is 544 g/mol. The number of fused-ring (bicyclic) bond motifs is 1. The third kappa shape index (κ3) is 10.1. The van der Waals surface area contributed by atoms with E-state index >= 15 is 0 Å². The molecule has 0 aliphatic carbocycles. The molecule has 0 amide bonds. The molecule has 200 valence electrons. The van der Waals surface area contributed by atoms with Gasteiger partial charge in [-0.05, 0) is 48.9 Å². The highest BCUT2D eigenvalue weighted by Crippen LogP contribution is 2.25. The van der Waals surface area contributed by atoms with Gasteiger partial charge in [-0.3, -0.25) is 0 Å². The van der Waals surface area contributed by atoms with E-state index in [1.54, 1.807) is 12.1 Å². The Kier molecular flexibility index (Phi) is 10.9. The van der Waals surface area contributed by atoms with Gasteiger partial charge in [0.2, 0.25) is 0 Å². The lowest BCUT2D eigenvalue weighted by molar-refractivity contribution is -0.148. The van der Waals surface area contributed by atoms with E-state index < -0.39 is 30.9 Å². The van der Waals surface area contributed by atoms with E-state index in [2.05, 4.69) is 9.88 Å². The van der Waals surface area contributed by atoms with Gasteiger partial charge >= 0.3 is 24.3 Å². The maximum Gasteiger partial charge on any atom is 0.340 e. The second kappa shape index (κ2) is 13.7. The zero-order valence-corrected chi connectivity index (χ0v) is 20.4. The minimum Gasteiger partial charge on any atom is -0.487 e. The van der Waals surface area contributed by atoms with Gasteiger partial charge in [-0.1, -0.05) is 29.8 Å². The fourth-order valence-electron chi connectivity index (χ4n) is 3.19. The number of rotatable bonds is 11. The number of aromatic nitrogens is 1. The van der Waals surface area contributed by atoms with Gasteiger partial charge in [-0.25, -0.2) is 18.4 Å². The van der Waals surface area contributed by atoms with E-state index in [1.165, 1.54) is 11.6 Å². The average molecular weight is 545 g/mol. The minimum absolute atomic E-state index is 0.143. The number of nitrogens with zero attached hydrogens (tertiary/aromatic N) is 1. The van der Waals surface area contributed by atoms with Gasteiger partial charge in [0.05, 0.1) is 0 Å². The number of likely N-dealkylation sites (N-methyl/N-ethyl adjacent to an activating group) is 1. The second-order valence-corrected chi connectivity index (χ2v) is 8.44. The van der Waals surface area contributed by atoms with Gasteiger partial charge < -0.3 is 24.8 Å². The molecule has 1 aromatic heterocycles. The van der Waals surface area contributed by atoms with Crippen LogP contribution in [0.2, 0.25) is 5.02 Å². The second-order valence-electron chi connectivity index (χ2n) is 8.00. The van der Waals surface area contributed by atoms with Crippen LogP contribution in [0.5, 0.6) is 5.75 Å². The number of alkyl halides is 4. The standard InChI is InChI=1S/C21H21ClF4N2O.C4H4O4/c1-28(8-7-15-11-27-19-10-16(22)5-6-18(15)19)12-14-3-2-4-17(9-14)29-13-21(25,26)20(23)24;5-3(6)1-2-4(7)8/h2-6,9-11,20,27H,7-8,12-13H2,1H3;1-2H,(H,5,6)(H,7,8). The molecule has 0 atom stereocenters. The summed E-state index contributed by atoms with van der Waals surface area (Å²) in [4.78, 5) is 24.4. The molecule has 3 N–H and O–H groups in total. The predicted molar refractivity (Wildman–Crippen MR) is 131 cm³/mol. The molecule has 0 fully saturated rings. The number of ether oxygens (including phenoxy) is 1.